The quantitative estimate of drug-likeness (QED) is 0.644. The van der Waals surface area contributed by atoms with Gasteiger partial charge < -0.3 is 10.2 Å². The third kappa shape index (κ3) is 3.42. The van der Waals surface area contributed by atoms with Crippen LogP contribution in [0.25, 0.3) is 6.08 Å². The van der Waals surface area contributed by atoms with Crippen LogP contribution >= 0.6 is 24.0 Å². The monoisotopic (exact) mass is 345 g/mol. The molecule has 1 amide bonds. The largest absolute Gasteiger partial charge is 0.503 e. The first kappa shape index (κ1) is 16.4. The van der Waals surface area contributed by atoms with Crippen LogP contribution < -0.4 is 0 Å². The van der Waals surface area contributed by atoms with Gasteiger partial charge in [0.2, 0.25) is 0 Å². The van der Waals surface area contributed by atoms with E-state index in [2.05, 4.69) is 0 Å². The van der Waals surface area contributed by atoms with Crippen LogP contribution in [0.1, 0.15) is 12.0 Å². The number of thioether (sulfide) groups is 1. The number of aromatic hydroxyl groups is 1. The number of carboxylic acid groups (broad SMARTS) is 1. The molecule has 0 atom stereocenters. The van der Waals surface area contributed by atoms with E-state index in [-0.39, 0.29) is 27.8 Å². The number of carbonyl (C=O) groups is 2. The molecule has 0 aromatic heterocycles. The molecule has 0 saturated carbocycles. The Balaban J connectivity index is 2.25. The van der Waals surface area contributed by atoms with E-state index in [1.807, 2.05) is 0 Å². The molecule has 0 radical (unpaired) electrons. The van der Waals surface area contributed by atoms with Gasteiger partial charge in [-0.25, -0.2) is 8.78 Å². The van der Waals surface area contributed by atoms with E-state index in [9.17, 15) is 18.4 Å². The Morgan fingerprint density at radius 3 is 2.50 bits per heavy atom. The van der Waals surface area contributed by atoms with Gasteiger partial charge in [-0.15, -0.1) is 0 Å². The average Bonchev–Trinajstić information content (AvgIpc) is 2.68. The molecule has 0 aliphatic carbocycles. The van der Waals surface area contributed by atoms with E-state index in [0.29, 0.717) is 0 Å². The number of rotatable bonds is 4. The molecule has 1 aromatic rings. The van der Waals surface area contributed by atoms with Gasteiger partial charge in [0.05, 0.1) is 11.3 Å². The SMILES string of the molecule is O=C(O)CCN1C(=O)/C(=C/c2cc(F)c(O)c(F)c2)SC1=S. The number of halogens is 2. The zero-order valence-corrected chi connectivity index (χ0v) is 12.5. The topological polar surface area (TPSA) is 77.8 Å². The molecule has 1 fully saturated rings. The lowest BCUT2D eigenvalue weighted by molar-refractivity contribution is -0.137. The lowest BCUT2D eigenvalue weighted by Crippen LogP contribution is -2.30. The van der Waals surface area contributed by atoms with Crippen molar-refractivity contribution in [3.05, 3.63) is 34.2 Å². The van der Waals surface area contributed by atoms with E-state index in [0.717, 1.165) is 28.8 Å². The number of thiocarbonyl (C=S) groups is 1. The number of aliphatic carboxylic acids is 1. The van der Waals surface area contributed by atoms with Gasteiger partial charge in [0.15, 0.2) is 17.4 Å². The highest BCUT2D eigenvalue weighted by Gasteiger charge is 2.32. The molecule has 116 valence electrons. The van der Waals surface area contributed by atoms with Crippen molar-refractivity contribution in [2.45, 2.75) is 6.42 Å². The van der Waals surface area contributed by atoms with E-state index in [4.69, 9.17) is 22.4 Å². The minimum absolute atomic E-state index is 0.0477. The summed E-state index contributed by atoms with van der Waals surface area (Å²) in [6, 6.07) is 1.75. The molecule has 2 rings (SSSR count). The van der Waals surface area contributed by atoms with Crippen LogP contribution in [0.2, 0.25) is 0 Å². The van der Waals surface area contributed by atoms with Gasteiger partial charge in [0, 0.05) is 6.54 Å². The number of carboxylic acids is 1. The van der Waals surface area contributed by atoms with E-state index in [1.165, 1.54) is 6.08 Å². The highest BCUT2D eigenvalue weighted by atomic mass is 32.2. The summed E-state index contributed by atoms with van der Waals surface area (Å²) in [6.07, 6.45) is 0.966. The summed E-state index contributed by atoms with van der Waals surface area (Å²) in [5.41, 5.74) is 0.0477. The predicted molar refractivity (Wildman–Crippen MR) is 80.2 cm³/mol. The molecular formula is C13H9F2NO4S2. The summed E-state index contributed by atoms with van der Waals surface area (Å²) in [5.74, 6) is -4.97. The minimum atomic E-state index is -1.15. The van der Waals surface area contributed by atoms with Gasteiger partial charge >= 0.3 is 5.97 Å². The van der Waals surface area contributed by atoms with Crippen molar-refractivity contribution in [2.24, 2.45) is 0 Å². The summed E-state index contributed by atoms with van der Waals surface area (Å²) < 4.78 is 26.7. The van der Waals surface area contributed by atoms with Crippen LogP contribution in [0.4, 0.5) is 8.78 Å². The summed E-state index contributed by atoms with van der Waals surface area (Å²) in [7, 11) is 0. The van der Waals surface area contributed by atoms with Gasteiger partial charge in [-0.1, -0.05) is 24.0 Å². The van der Waals surface area contributed by atoms with Crippen LogP contribution in [0.5, 0.6) is 5.75 Å². The number of nitrogens with zero attached hydrogens (tertiary/aromatic N) is 1. The molecule has 2 N–H and O–H groups in total. The van der Waals surface area contributed by atoms with Gasteiger partial charge in [-0.2, -0.15) is 0 Å². The molecule has 1 aromatic carbocycles. The Kier molecular flexibility index (Phi) is 4.77. The summed E-state index contributed by atoms with van der Waals surface area (Å²) in [6.45, 7) is -0.0738. The first-order valence-electron chi connectivity index (χ1n) is 5.94. The third-order valence-corrected chi connectivity index (χ3v) is 4.14. The fourth-order valence-corrected chi connectivity index (χ4v) is 3.03. The second kappa shape index (κ2) is 6.41. The lowest BCUT2D eigenvalue weighted by Gasteiger charge is -2.12. The number of hydrogen-bond donors (Lipinski definition) is 2. The number of benzene rings is 1. The van der Waals surface area contributed by atoms with Crippen molar-refractivity contribution in [1.82, 2.24) is 4.90 Å². The molecule has 0 unspecified atom stereocenters. The number of hydrogen-bond acceptors (Lipinski definition) is 5. The van der Waals surface area contributed by atoms with Crippen molar-refractivity contribution in [3.63, 3.8) is 0 Å². The van der Waals surface area contributed by atoms with Crippen molar-refractivity contribution >= 4 is 46.3 Å². The molecule has 1 saturated heterocycles. The van der Waals surface area contributed by atoms with Crippen LogP contribution in [0.15, 0.2) is 17.0 Å². The smallest absolute Gasteiger partial charge is 0.305 e. The van der Waals surface area contributed by atoms with Gasteiger partial charge in [-0.05, 0) is 23.8 Å². The van der Waals surface area contributed by atoms with Crippen LogP contribution in [-0.2, 0) is 9.59 Å². The predicted octanol–water partition coefficient (Wildman–Crippen LogP) is 2.35. The molecule has 5 nitrogen and oxygen atoms in total. The number of phenolic OH excluding ortho intramolecular Hbond substituents is 1. The molecule has 0 bridgehead atoms. The fourth-order valence-electron chi connectivity index (χ4n) is 1.72. The molecule has 1 aliphatic heterocycles. The van der Waals surface area contributed by atoms with Crippen molar-refractivity contribution in [1.29, 1.82) is 0 Å². The van der Waals surface area contributed by atoms with Gasteiger partial charge in [0.25, 0.3) is 5.91 Å². The minimum Gasteiger partial charge on any atom is -0.503 e. The first-order valence-corrected chi connectivity index (χ1v) is 7.17. The van der Waals surface area contributed by atoms with Crippen LogP contribution in [0.3, 0.4) is 0 Å². The van der Waals surface area contributed by atoms with Gasteiger partial charge in [-0.3, -0.25) is 14.5 Å². The zero-order chi connectivity index (χ0) is 16.4. The zero-order valence-electron chi connectivity index (χ0n) is 10.9. The Morgan fingerprint density at radius 2 is 1.95 bits per heavy atom. The first-order chi connectivity index (χ1) is 10.3. The maximum Gasteiger partial charge on any atom is 0.305 e. The van der Waals surface area contributed by atoms with E-state index < -0.39 is 29.3 Å². The fraction of sp³-hybridized carbons (Fsp3) is 0.154. The van der Waals surface area contributed by atoms with E-state index >= 15 is 0 Å². The van der Waals surface area contributed by atoms with E-state index in [1.54, 1.807) is 0 Å². The average molecular weight is 345 g/mol. The maximum atomic E-state index is 13.3. The lowest BCUT2D eigenvalue weighted by atomic mass is 10.2. The van der Waals surface area contributed by atoms with Crippen molar-refractivity contribution < 1.29 is 28.6 Å². The number of carbonyl (C=O) groups excluding carboxylic acids is 1. The normalized spacial score (nSPS) is 16.6. The number of phenols is 1. The Morgan fingerprint density at radius 1 is 1.36 bits per heavy atom. The molecule has 1 aliphatic rings. The van der Waals surface area contributed by atoms with Gasteiger partial charge in [0.1, 0.15) is 4.32 Å². The molecule has 0 spiro atoms. The highest BCUT2D eigenvalue weighted by Crippen LogP contribution is 2.33. The second-order valence-corrected chi connectivity index (χ2v) is 5.99. The Hall–Kier alpha value is -2.00. The summed E-state index contributed by atoms with van der Waals surface area (Å²) >= 11 is 5.89. The van der Waals surface area contributed by atoms with Crippen molar-refractivity contribution in [3.8, 4) is 5.75 Å². The molecule has 22 heavy (non-hydrogen) atoms. The van der Waals surface area contributed by atoms with Crippen molar-refractivity contribution in [2.75, 3.05) is 6.54 Å². The Labute approximate surface area is 133 Å². The van der Waals surface area contributed by atoms with Crippen LogP contribution in [-0.4, -0.2) is 37.9 Å². The maximum absolute atomic E-state index is 13.3. The third-order valence-electron chi connectivity index (χ3n) is 2.76. The summed E-state index contributed by atoms with van der Waals surface area (Å²) in [5, 5.41) is 17.6. The number of amides is 1. The standard InChI is InChI=1S/C13H9F2NO4S2/c14-7-3-6(4-8(15)11(7)19)5-9-12(20)16(13(21)22-9)2-1-10(17)18/h3-5,19H,1-2H2,(H,17,18)/b9-5-. The Bertz CT molecular complexity index is 682. The van der Waals surface area contributed by atoms with Crippen LogP contribution in [0, 0.1) is 11.6 Å². The molecule has 9 heteroatoms. The highest BCUT2D eigenvalue weighted by molar-refractivity contribution is 8.26. The molecular weight excluding hydrogens is 336 g/mol. The summed E-state index contributed by atoms with van der Waals surface area (Å²) in [4.78, 5) is 23.9. The molecule has 1 heterocycles. The second-order valence-electron chi connectivity index (χ2n) is 4.31.